The smallest absolute Gasteiger partial charge is 0.246 e. The van der Waals surface area contributed by atoms with E-state index < -0.39 is 0 Å². The second-order valence-electron chi connectivity index (χ2n) is 3.94. The summed E-state index contributed by atoms with van der Waals surface area (Å²) in [5.74, 6) is 0.0108. The van der Waals surface area contributed by atoms with Crippen LogP contribution in [0.1, 0.15) is 24.1 Å². The van der Waals surface area contributed by atoms with E-state index in [1.165, 1.54) is 5.56 Å². The Balaban J connectivity index is 2.27. The van der Waals surface area contributed by atoms with Crippen molar-refractivity contribution in [1.82, 2.24) is 5.32 Å². The Labute approximate surface area is 95.2 Å². The quantitative estimate of drug-likeness (QED) is 0.701. The summed E-state index contributed by atoms with van der Waals surface area (Å²) >= 11 is 0. The first-order chi connectivity index (χ1) is 7.76. The van der Waals surface area contributed by atoms with Crippen LogP contribution in [0.2, 0.25) is 0 Å². The minimum Gasteiger partial charge on any atom is -0.329 e. The Kier molecular flexibility index (Phi) is 3.22. The SMILES string of the molecule is CCc1ccc2c(c1)C(NCCN)C(=O)N2. The Morgan fingerprint density at radius 2 is 2.31 bits per heavy atom. The molecule has 1 aliphatic rings. The fraction of sp³-hybridized carbons (Fsp3) is 0.417. The third-order valence-corrected chi connectivity index (χ3v) is 2.85. The first-order valence-corrected chi connectivity index (χ1v) is 5.63. The van der Waals surface area contributed by atoms with Crippen LogP contribution >= 0.6 is 0 Å². The monoisotopic (exact) mass is 219 g/mol. The van der Waals surface area contributed by atoms with Gasteiger partial charge in [-0.15, -0.1) is 0 Å². The molecule has 2 rings (SSSR count). The van der Waals surface area contributed by atoms with E-state index in [9.17, 15) is 4.79 Å². The van der Waals surface area contributed by atoms with E-state index in [0.717, 1.165) is 17.7 Å². The number of rotatable bonds is 4. The van der Waals surface area contributed by atoms with E-state index in [1.54, 1.807) is 0 Å². The third kappa shape index (κ3) is 1.94. The van der Waals surface area contributed by atoms with E-state index >= 15 is 0 Å². The molecule has 0 spiro atoms. The highest BCUT2D eigenvalue weighted by atomic mass is 16.2. The molecule has 0 fully saturated rings. The van der Waals surface area contributed by atoms with Crippen molar-refractivity contribution in [1.29, 1.82) is 0 Å². The molecule has 16 heavy (non-hydrogen) atoms. The normalized spacial score (nSPS) is 18.4. The summed E-state index contributed by atoms with van der Waals surface area (Å²) < 4.78 is 0. The van der Waals surface area contributed by atoms with Gasteiger partial charge in [-0.3, -0.25) is 4.79 Å². The van der Waals surface area contributed by atoms with Gasteiger partial charge in [0.05, 0.1) is 0 Å². The maximum absolute atomic E-state index is 11.7. The lowest BCUT2D eigenvalue weighted by atomic mass is 10.0. The summed E-state index contributed by atoms with van der Waals surface area (Å²) in [6.07, 6.45) is 0.977. The average Bonchev–Trinajstić information content (AvgIpc) is 2.61. The number of amides is 1. The van der Waals surface area contributed by atoms with E-state index in [2.05, 4.69) is 23.6 Å². The molecule has 86 valence electrons. The molecule has 1 unspecified atom stereocenters. The van der Waals surface area contributed by atoms with Crippen molar-refractivity contribution in [2.24, 2.45) is 5.73 Å². The van der Waals surface area contributed by atoms with Crippen molar-refractivity contribution >= 4 is 11.6 Å². The molecule has 4 N–H and O–H groups in total. The standard InChI is InChI=1S/C12H17N3O/c1-2-8-3-4-10-9(7-8)11(12(16)15-10)14-6-5-13/h3-4,7,11,14H,2,5-6,13H2,1H3,(H,15,16). The number of nitrogens with two attached hydrogens (primary N) is 1. The molecule has 1 aromatic rings. The average molecular weight is 219 g/mol. The predicted molar refractivity (Wildman–Crippen MR) is 64.2 cm³/mol. The number of hydrogen-bond donors (Lipinski definition) is 3. The zero-order valence-corrected chi connectivity index (χ0v) is 9.42. The molecule has 4 heteroatoms. The lowest BCUT2D eigenvalue weighted by Crippen LogP contribution is -2.31. The van der Waals surface area contributed by atoms with Gasteiger partial charge in [-0.05, 0) is 18.1 Å². The van der Waals surface area contributed by atoms with Gasteiger partial charge < -0.3 is 16.4 Å². The molecular formula is C12H17N3O. The summed E-state index contributed by atoms with van der Waals surface area (Å²) in [5, 5.41) is 6.02. The molecule has 1 atom stereocenters. The Hall–Kier alpha value is -1.39. The summed E-state index contributed by atoms with van der Waals surface area (Å²) in [4.78, 5) is 11.7. The minimum absolute atomic E-state index is 0.0108. The number of carbonyl (C=O) groups is 1. The van der Waals surface area contributed by atoms with Crippen LogP contribution in [-0.4, -0.2) is 19.0 Å². The number of carbonyl (C=O) groups excluding carboxylic acids is 1. The van der Waals surface area contributed by atoms with E-state index in [0.29, 0.717) is 13.1 Å². The number of nitrogens with one attached hydrogen (secondary N) is 2. The van der Waals surface area contributed by atoms with Gasteiger partial charge in [0.2, 0.25) is 5.91 Å². The second kappa shape index (κ2) is 4.63. The molecule has 1 amide bonds. The minimum atomic E-state index is -0.245. The van der Waals surface area contributed by atoms with Crippen LogP contribution in [0.25, 0.3) is 0 Å². The van der Waals surface area contributed by atoms with Gasteiger partial charge in [0.25, 0.3) is 0 Å². The number of hydrogen-bond acceptors (Lipinski definition) is 3. The number of anilines is 1. The van der Waals surface area contributed by atoms with Gasteiger partial charge in [-0.25, -0.2) is 0 Å². The molecule has 0 radical (unpaired) electrons. The van der Waals surface area contributed by atoms with Crippen molar-refractivity contribution in [3.8, 4) is 0 Å². The fourth-order valence-corrected chi connectivity index (χ4v) is 1.96. The Bertz CT molecular complexity index is 403. The number of fused-ring (bicyclic) bond motifs is 1. The van der Waals surface area contributed by atoms with E-state index in [-0.39, 0.29) is 11.9 Å². The fourth-order valence-electron chi connectivity index (χ4n) is 1.96. The van der Waals surface area contributed by atoms with Crippen molar-refractivity contribution in [2.45, 2.75) is 19.4 Å². The topological polar surface area (TPSA) is 67.1 Å². The maximum Gasteiger partial charge on any atom is 0.246 e. The lowest BCUT2D eigenvalue weighted by Gasteiger charge is -2.10. The van der Waals surface area contributed by atoms with E-state index in [4.69, 9.17) is 5.73 Å². The summed E-state index contributed by atoms with van der Waals surface area (Å²) in [6, 6.07) is 5.85. The van der Waals surface area contributed by atoms with Crippen molar-refractivity contribution in [3.63, 3.8) is 0 Å². The van der Waals surface area contributed by atoms with Gasteiger partial charge in [-0.1, -0.05) is 19.1 Å². The molecule has 0 aliphatic carbocycles. The predicted octanol–water partition coefficient (Wildman–Crippen LogP) is 0.790. The Morgan fingerprint density at radius 1 is 1.50 bits per heavy atom. The van der Waals surface area contributed by atoms with Crippen molar-refractivity contribution < 1.29 is 4.79 Å². The Morgan fingerprint density at radius 3 is 3.00 bits per heavy atom. The summed E-state index contributed by atoms with van der Waals surface area (Å²) in [7, 11) is 0. The second-order valence-corrected chi connectivity index (χ2v) is 3.94. The van der Waals surface area contributed by atoms with Crippen LogP contribution in [0.4, 0.5) is 5.69 Å². The van der Waals surface area contributed by atoms with Crippen LogP contribution in [0.5, 0.6) is 0 Å². The number of aryl methyl sites for hydroxylation is 1. The summed E-state index contributed by atoms with van der Waals surface area (Å²) in [5.41, 5.74) is 8.63. The van der Waals surface area contributed by atoms with Gasteiger partial charge >= 0.3 is 0 Å². The molecule has 0 saturated heterocycles. The highest BCUT2D eigenvalue weighted by Crippen LogP contribution is 2.31. The van der Waals surface area contributed by atoms with E-state index in [1.807, 2.05) is 12.1 Å². The summed E-state index contributed by atoms with van der Waals surface area (Å²) in [6.45, 7) is 3.29. The molecule has 1 heterocycles. The van der Waals surface area contributed by atoms with Crippen LogP contribution in [0, 0.1) is 0 Å². The lowest BCUT2D eigenvalue weighted by molar-refractivity contribution is -0.117. The molecule has 1 aliphatic heterocycles. The first-order valence-electron chi connectivity index (χ1n) is 5.63. The van der Waals surface area contributed by atoms with Gasteiger partial charge in [0.1, 0.15) is 6.04 Å². The van der Waals surface area contributed by atoms with Crippen molar-refractivity contribution in [2.75, 3.05) is 18.4 Å². The molecule has 4 nitrogen and oxygen atoms in total. The van der Waals surface area contributed by atoms with Crippen LogP contribution in [-0.2, 0) is 11.2 Å². The van der Waals surface area contributed by atoms with Crippen LogP contribution in [0.15, 0.2) is 18.2 Å². The third-order valence-electron chi connectivity index (χ3n) is 2.85. The largest absolute Gasteiger partial charge is 0.329 e. The van der Waals surface area contributed by atoms with Gasteiger partial charge in [0, 0.05) is 24.3 Å². The van der Waals surface area contributed by atoms with Gasteiger partial charge in [-0.2, -0.15) is 0 Å². The zero-order chi connectivity index (χ0) is 11.5. The molecule has 1 aromatic carbocycles. The van der Waals surface area contributed by atoms with Crippen LogP contribution in [0.3, 0.4) is 0 Å². The van der Waals surface area contributed by atoms with Crippen molar-refractivity contribution in [3.05, 3.63) is 29.3 Å². The first kappa shape index (κ1) is 11.1. The molecule has 0 aromatic heterocycles. The highest BCUT2D eigenvalue weighted by molar-refractivity contribution is 6.02. The van der Waals surface area contributed by atoms with Gasteiger partial charge in [0.15, 0.2) is 0 Å². The number of benzene rings is 1. The highest BCUT2D eigenvalue weighted by Gasteiger charge is 2.29. The van der Waals surface area contributed by atoms with Crippen LogP contribution < -0.4 is 16.4 Å². The zero-order valence-electron chi connectivity index (χ0n) is 9.42. The molecular weight excluding hydrogens is 202 g/mol. The molecule has 0 saturated carbocycles. The maximum atomic E-state index is 11.7. The molecule has 0 bridgehead atoms.